The Morgan fingerprint density at radius 1 is 1.32 bits per heavy atom. The molecule has 1 N–H and O–H groups in total. The van der Waals surface area contributed by atoms with Crippen LogP contribution in [0.5, 0.6) is 0 Å². The second kappa shape index (κ2) is 5.61. The van der Waals surface area contributed by atoms with Crippen LogP contribution in [0.1, 0.15) is 30.9 Å². The monoisotopic (exact) mass is 282 g/mol. The number of nitrogens with one attached hydrogen (secondary N) is 1. The highest BCUT2D eigenvalue weighted by atomic mass is 32.2. The summed E-state index contributed by atoms with van der Waals surface area (Å²) in [6, 6.07) is 6.38. The second-order valence-corrected chi connectivity index (χ2v) is 7.36. The molecule has 106 valence electrons. The van der Waals surface area contributed by atoms with Gasteiger partial charge in [-0.15, -0.1) is 0 Å². The van der Waals surface area contributed by atoms with Crippen LogP contribution >= 0.6 is 0 Å². The molecule has 0 aromatic heterocycles. The van der Waals surface area contributed by atoms with Crippen LogP contribution < -0.4 is 5.32 Å². The van der Waals surface area contributed by atoms with Crippen LogP contribution in [0.3, 0.4) is 0 Å². The van der Waals surface area contributed by atoms with E-state index in [0.717, 1.165) is 24.1 Å². The van der Waals surface area contributed by atoms with Crippen molar-refractivity contribution >= 4 is 10.0 Å². The molecule has 0 aliphatic heterocycles. The molecule has 0 heterocycles. The molecule has 1 aliphatic rings. The summed E-state index contributed by atoms with van der Waals surface area (Å²) in [7, 11) is -0.213. The average molecular weight is 282 g/mol. The maximum absolute atomic E-state index is 12.3. The van der Waals surface area contributed by atoms with Crippen LogP contribution in [0.2, 0.25) is 0 Å². The SMILES string of the molecule is CCc1ccc(CNC2CC2)cc1S(=O)(=O)N(C)C. The number of hydrogen-bond acceptors (Lipinski definition) is 3. The Morgan fingerprint density at radius 3 is 2.53 bits per heavy atom. The lowest BCUT2D eigenvalue weighted by Crippen LogP contribution is -2.24. The Bertz CT molecular complexity index is 549. The van der Waals surface area contributed by atoms with E-state index >= 15 is 0 Å². The summed E-state index contributed by atoms with van der Waals surface area (Å²) in [5.41, 5.74) is 1.91. The lowest BCUT2D eigenvalue weighted by Gasteiger charge is -2.16. The van der Waals surface area contributed by atoms with E-state index in [4.69, 9.17) is 0 Å². The fourth-order valence-corrected chi connectivity index (χ4v) is 3.22. The number of hydrogen-bond donors (Lipinski definition) is 1. The van der Waals surface area contributed by atoms with Crippen LogP contribution in [0.15, 0.2) is 23.1 Å². The smallest absolute Gasteiger partial charge is 0.242 e. The minimum absolute atomic E-state index is 0.440. The molecule has 5 heteroatoms. The second-order valence-electron chi connectivity index (χ2n) is 5.24. The fraction of sp³-hybridized carbons (Fsp3) is 0.571. The highest BCUT2D eigenvalue weighted by Crippen LogP contribution is 2.23. The Balaban J connectivity index is 2.30. The average Bonchev–Trinajstić information content (AvgIpc) is 3.19. The third kappa shape index (κ3) is 3.35. The van der Waals surface area contributed by atoms with Crippen LogP contribution in [-0.2, 0) is 23.0 Å². The van der Waals surface area contributed by atoms with E-state index in [1.165, 1.54) is 17.1 Å². The minimum Gasteiger partial charge on any atom is -0.310 e. The van der Waals surface area contributed by atoms with E-state index in [1.807, 2.05) is 25.1 Å². The molecule has 0 saturated heterocycles. The van der Waals surface area contributed by atoms with Crippen molar-refractivity contribution in [2.24, 2.45) is 0 Å². The van der Waals surface area contributed by atoms with Crippen molar-refractivity contribution in [3.8, 4) is 0 Å². The topological polar surface area (TPSA) is 49.4 Å². The lowest BCUT2D eigenvalue weighted by molar-refractivity contribution is 0.519. The molecule has 0 unspecified atom stereocenters. The van der Waals surface area contributed by atoms with Crippen LogP contribution in [0.25, 0.3) is 0 Å². The zero-order valence-corrected chi connectivity index (χ0v) is 12.6. The Hall–Kier alpha value is -0.910. The Labute approximate surface area is 115 Å². The van der Waals surface area contributed by atoms with Gasteiger partial charge in [-0.25, -0.2) is 12.7 Å². The number of benzene rings is 1. The highest BCUT2D eigenvalue weighted by Gasteiger charge is 2.22. The number of nitrogens with zero attached hydrogens (tertiary/aromatic N) is 1. The van der Waals surface area contributed by atoms with Crippen LogP contribution in [-0.4, -0.2) is 32.9 Å². The zero-order valence-electron chi connectivity index (χ0n) is 11.8. The van der Waals surface area contributed by atoms with Gasteiger partial charge in [0.05, 0.1) is 4.90 Å². The Kier molecular flexibility index (Phi) is 4.28. The number of sulfonamides is 1. The van der Waals surface area contributed by atoms with Gasteiger partial charge in [-0.05, 0) is 36.5 Å². The first-order valence-electron chi connectivity index (χ1n) is 6.73. The summed E-state index contributed by atoms with van der Waals surface area (Å²) in [5.74, 6) is 0. The molecule has 0 radical (unpaired) electrons. The predicted octanol–water partition coefficient (Wildman–Crippen LogP) is 1.75. The molecule has 0 atom stereocenters. The summed E-state index contributed by atoms with van der Waals surface area (Å²) in [6.07, 6.45) is 3.19. The molecule has 2 rings (SSSR count). The molecule has 1 fully saturated rings. The van der Waals surface area contributed by atoms with Gasteiger partial charge in [0.15, 0.2) is 0 Å². The van der Waals surface area contributed by atoms with Gasteiger partial charge < -0.3 is 5.32 Å². The Morgan fingerprint density at radius 2 is 2.00 bits per heavy atom. The molecular weight excluding hydrogens is 260 g/mol. The molecule has 0 bridgehead atoms. The molecule has 0 spiro atoms. The molecule has 1 aliphatic carbocycles. The molecule has 1 aromatic rings. The van der Waals surface area contributed by atoms with E-state index in [2.05, 4.69) is 5.32 Å². The van der Waals surface area contributed by atoms with Gasteiger partial charge in [0.2, 0.25) is 10.0 Å². The van der Waals surface area contributed by atoms with Crippen molar-refractivity contribution in [3.05, 3.63) is 29.3 Å². The van der Waals surface area contributed by atoms with E-state index in [-0.39, 0.29) is 0 Å². The van der Waals surface area contributed by atoms with Crippen LogP contribution in [0, 0.1) is 0 Å². The summed E-state index contributed by atoms with van der Waals surface area (Å²) in [4.78, 5) is 0.440. The van der Waals surface area contributed by atoms with Gasteiger partial charge in [0.1, 0.15) is 0 Å². The first-order valence-corrected chi connectivity index (χ1v) is 8.17. The van der Waals surface area contributed by atoms with Gasteiger partial charge >= 0.3 is 0 Å². The third-order valence-corrected chi connectivity index (χ3v) is 5.34. The van der Waals surface area contributed by atoms with Crippen molar-refractivity contribution in [2.75, 3.05) is 14.1 Å². The van der Waals surface area contributed by atoms with Crippen molar-refractivity contribution in [2.45, 2.75) is 43.7 Å². The largest absolute Gasteiger partial charge is 0.310 e. The molecule has 1 aromatic carbocycles. The maximum Gasteiger partial charge on any atom is 0.242 e. The predicted molar refractivity (Wildman–Crippen MR) is 76.6 cm³/mol. The molecule has 4 nitrogen and oxygen atoms in total. The normalized spacial score (nSPS) is 16.0. The quantitative estimate of drug-likeness (QED) is 0.865. The summed E-state index contributed by atoms with van der Waals surface area (Å²) in [6.45, 7) is 2.72. The molecule has 19 heavy (non-hydrogen) atoms. The van der Waals surface area contributed by atoms with Crippen molar-refractivity contribution in [3.63, 3.8) is 0 Å². The van der Waals surface area contributed by atoms with E-state index < -0.39 is 10.0 Å². The summed E-state index contributed by atoms with van der Waals surface area (Å²) >= 11 is 0. The van der Waals surface area contributed by atoms with E-state index in [0.29, 0.717) is 10.9 Å². The van der Waals surface area contributed by atoms with Gasteiger partial charge in [-0.1, -0.05) is 19.1 Å². The van der Waals surface area contributed by atoms with E-state index in [1.54, 1.807) is 14.1 Å². The van der Waals surface area contributed by atoms with Gasteiger partial charge in [-0.2, -0.15) is 0 Å². The summed E-state index contributed by atoms with van der Waals surface area (Å²) < 4.78 is 25.9. The third-order valence-electron chi connectivity index (χ3n) is 3.44. The molecule has 0 amide bonds. The van der Waals surface area contributed by atoms with Gasteiger partial charge in [0.25, 0.3) is 0 Å². The van der Waals surface area contributed by atoms with Crippen LogP contribution in [0.4, 0.5) is 0 Å². The van der Waals surface area contributed by atoms with Gasteiger partial charge in [-0.3, -0.25) is 0 Å². The fourth-order valence-electron chi connectivity index (χ4n) is 1.99. The molecule has 1 saturated carbocycles. The van der Waals surface area contributed by atoms with E-state index in [9.17, 15) is 8.42 Å². The first kappa shape index (κ1) is 14.5. The highest BCUT2D eigenvalue weighted by molar-refractivity contribution is 7.89. The maximum atomic E-state index is 12.3. The van der Waals surface area contributed by atoms with Crippen molar-refractivity contribution in [1.82, 2.24) is 9.62 Å². The summed E-state index contributed by atoms with van der Waals surface area (Å²) in [5, 5.41) is 3.41. The van der Waals surface area contributed by atoms with Crippen molar-refractivity contribution < 1.29 is 8.42 Å². The first-order chi connectivity index (χ1) is 8.95. The molecular formula is C14H22N2O2S. The minimum atomic E-state index is -3.36. The standard InChI is InChI=1S/C14H22N2O2S/c1-4-12-6-5-11(10-15-13-7-8-13)9-14(12)19(17,18)16(2)3/h5-6,9,13,15H,4,7-8,10H2,1-3H3. The number of rotatable bonds is 6. The van der Waals surface area contributed by atoms with Gasteiger partial charge in [0, 0.05) is 26.7 Å². The lowest BCUT2D eigenvalue weighted by atomic mass is 10.1. The zero-order chi connectivity index (χ0) is 14.0. The van der Waals surface area contributed by atoms with Crippen molar-refractivity contribution in [1.29, 1.82) is 0 Å². The number of aryl methyl sites for hydroxylation is 1.